The molecule has 2 aromatic carbocycles. The quantitative estimate of drug-likeness (QED) is 0.195. The number of aliphatic hydroxyl groups excluding tert-OH is 1. The fourth-order valence-electron chi connectivity index (χ4n) is 10.5. The molecule has 7 unspecified atom stereocenters. The van der Waals surface area contributed by atoms with Crippen LogP contribution in [0.2, 0.25) is 0 Å². The topological polar surface area (TPSA) is 89.9 Å². The van der Waals surface area contributed by atoms with Gasteiger partial charge in [-0.05, 0) is 143 Å². The van der Waals surface area contributed by atoms with Gasteiger partial charge >= 0.3 is 12.2 Å². The number of carbonyl (C=O) groups is 2. The summed E-state index contributed by atoms with van der Waals surface area (Å²) in [5.74, 6) is 0.768. The van der Waals surface area contributed by atoms with Gasteiger partial charge in [0.15, 0.2) is 5.78 Å². The first-order valence-electron chi connectivity index (χ1n) is 19.8. The summed E-state index contributed by atoms with van der Waals surface area (Å²) in [5, 5.41) is 27.1. The number of fused-ring (bicyclic) bond motifs is 10. The van der Waals surface area contributed by atoms with E-state index in [2.05, 4.69) is 39.1 Å². The van der Waals surface area contributed by atoms with Crippen molar-refractivity contribution in [3.05, 3.63) is 81.9 Å². The number of alkyl halides is 3. The lowest BCUT2D eigenvalue weighted by atomic mass is 9.45. The first-order valence-corrected chi connectivity index (χ1v) is 19.8. The minimum Gasteiger partial charge on any atom is -0.393 e. The number of hydrogen-bond donors (Lipinski definition) is 3. The molecule has 0 radical (unpaired) electrons. The summed E-state index contributed by atoms with van der Waals surface area (Å²) in [7, 11) is 0. The number of hydrogen-bond acceptors (Lipinski definition) is 4. The van der Waals surface area contributed by atoms with Crippen molar-refractivity contribution in [3.8, 4) is 0 Å². The zero-order valence-corrected chi connectivity index (χ0v) is 32.4. The van der Waals surface area contributed by atoms with E-state index in [1.165, 1.54) is 18.6 Å². The maximum atomic E-state index is 14.4. The molecule has 0 saturated heterocycles. The molecular weight excluding hydrogens is 677 g/mol. The summed E-state index contributed by atoms with van der Waals surface area (Å²) in [6.07, 6.45) is 4.05. The summed E-state index contributed by atoms with van der Waals surface area (Å²) >= 11 is 0. The molecule has 4 saturated carbocycles. The van der Waals surface area contributed by atoms with Crippen molar-refractivity contribution in [2.45, 2.75) is 136 Å². The summed E-state index contributed by atoms with van der Waals surface area (Å²) in [6, 6.07) is 9.84. The molecule has 53 heavy (non-hydrogen) atoms. The lowest BCUT2D eigenvalue weighted by Crippen LogP contribution is -2.59. The smallest absolute Gasteiger partial charge is 0.393 e. The molecule has 4 bridgehead atoms. The van der Waals surface area contributed by atoms with E-state index in [1.54, 1.807) is 6.07 Å². The predicted octanol–water partition coefficient (Wildman–Crippen LogP) is 9.47. The first-order chi connectivity index (χ1) is 24.8. The number of allylic oxidation sites excluding steroid dienone is 2. The number of rotatable bonds is 7. The Bertz CT molecular complexity index is 1720. The molecule has 2 aromatic rings. The van der Waals surface area contributed by atoms with Gasteiger partial charge < -0.3 is 20.4 Å². The summed E-state index contributed by atoms with van der Waals surface area (Å²) < 4.78 is 41.3. The summed E-state index contributed by atoms with van der Waals surface area (Å²) in [6.45, 7) is 13.4. The van der Waals surface area contributed by atoms with Crippen LogP contribution in [0.1, 0.15) is 138 Å². The number of nitrogens with zero attached hydrogens (tertiary/aromatic N) is 1. The van der Waals surface area contributed by atoms with Gasteiger partial charge in [0.1, 0.15) is 0 Å². The van der Waals surface area contributed by atoms with Crippen molar-refractivity contribution in [1.82, 2.24) is 10.2 Å². The van der Waals surface area contributed by atoms with Crippen LogP contribution in [0.5, 0.6) is 0 Å². The fourth-order valence-corrected chi connectivity index (χ4v) is 10.5. The molecule has 290 valence electrons. The fraction of sp³-hybridized carbons (Fsp3) is 0.636. The molecular formula is C44H59F3N2O4. The molecule has 6 aliphatic carbocycles. The molecule has 6 nitrogen and oxygen atoms in total. The maximum absolute atomic E-state index is 14.4. The highest BCUT2D eigenvalue weighted by Gasteiger charge is 2.59. The minimum absolute atomic E-state index is 0.0569. The average molecular weight is 737 g/mol. The van der Waals surface area contributed by atoms with Crippen molar-refractivity contribution in [1.29, 1.82) is 0 Å². The van der Waals surface area contributed by atoms with Crippen LogP contribution in [0.3, 0.4) is 0 Å². The third-order valence-corrected chi connectivity index (χ3v) is 14.0. The SMILES string of the molecule is CC1=CCCC2(C)C(CCC2(O)CN(CC2CCC3CC2C3(C)C)C(=O)NC(C)C)c2ccc(cc2C(=O)c2cccc(C(F)(F)F)c2)CC(O)CC1. The van der Waals surface area contributed by atoms with E-state index in [0.717, 1.165) is 42.0 Å². The molecule has 0 aromatic heterocycles. The largest absolute Gasteiger partial charge is 0.416 e. The molecule has 3 N–H and O–H groups in total. The Balaban J connectivity index is 1.41. The van der Waals surface area contributed by atoms with Crippen molar-refractivity contribution in [2.75, 3.05) is 13.1 Å². The van der Waals surface area contributed by atoms with Gasteiger partial charge in [0.2, 0.25) is 0 Å². The molecule has 9 heteroatoms. The van der Waals surface area contributed by atoms with Crippen LogP contribution in [0.15, 0.2) is 54.1 Å². The van der Waals surface area contributed by atoms with Crippen LogP contribution in [0.25, 0.3) is 0 Å². The highest BCUT2D eigenvalue weighted by atomic mass is 19.4. The third-order valence-electron chi connectivity index (χ3n) is 14.0. The van der Waals surface area contributed by atoms with Gasteiger partial charge in [0.25, 0.3) is 0 Å². The number of benzene rings is 2. The highest BCUT2D eigenvalue weighted by molar-refractivity contribution is 6.10. The normalized spacial score (nSPS) is 31.2. The Kier molecular flexibility index (Phi) is 11.0. The molecule has 8 rings (SSSR count). The average Bonchev–Trinajstić information content (AvgIpc) is 3.34. The van der Waals surface area contributed by atoms with E-state index in [-0.39, 0.29) is 35.5 Å². The highest BCUT2D eigenvalue weighted by Crippen LogP contribution is 2.62. The van der Waals surface area contributed by atoms with Crippen molar-refractivity contribution in [3.63, 3.8) is 0 Å². The van der Waals surface area contributed by atoms with Gasteiger partial charge in [0.05, 0.1) is 23.8 Å². The molecule has 0 aliphatic heterocycles. The van der Waals surface area contributed by atoms with Crippen molar-refractivity contribution < 1.29 is 33.0 Å². The van der Waals surface area contributed by atoms with Crippen LogP contribution < -0.4 is 5.32 Å². The molecule has 4 fully saturated rings. The van der Waals surface area contributed by atoms with Gasteiger partial charge in [-0.25, -0.2) is 4.79 Å². The van der Waals surface area contributed by atoms with E-state index in [0.29, 0.717) is 74.5 Å². The molecule has 2 amide bonds. The number of nitrogens with one attached hydrogen (secondary N) is 1. The second-order valence-electron chi connectivity index (χ2n) is 18.0. The second-order valence-corrected chi connectivity index (χ2v) is 18.0. The number of halogens is 3. The number of ketones is 1. The van der Waals surface area contributed by atoms with Crippen LogP contribution in [0, 0.1) is 28.6 Å². The Labute approximate surface area is 313 Å². The number of amides is 2. The lowest BCUT2D eigenvalue weighted by Gasteiger charge is -2.60. The maximum Gasteiger partial charge on any atom is 0.416 e. The molecule has 0 spiro atoms. The van der Waals surface area contributed by atoms with Crippen molar-refractivity contribution >= 4 is 11.8 Å². The van der Waals surface area contributed by atoms with Gasteiger partial charge in [-0.3, -0.25) is 4.79 Å². The number of aliphatic hydroxyl groups is 2. The van der Waals surface area contributed by atoms with Crippen LogP contribution in [0.4, 0.5) is 18.0 Å². The van der Waals surface area contributed by atoms with E-state index >= 15 is 0 Å². The standard InChI is InChI=1S/C44H59F3N2O4/c1-27(2)48-40(52)49(25-31-14-15-32-24-38(31)41(32,4)5)26-43(53)20-18-37-35-17-13-29(21-34(50)16-12-28(3)9-8-19-42(37,43)6)22-36(35)39(51)30-10-7-11-33(23-30)44(45,46)47/h7,9-11,13,17,22-23,27,31-32,34,37-38,50,53H,8,12,14-16,18-21,24-26H2,1-6H3,(H,48,52). The first kappa shape index (κ1) is 39.5. The van der Waals surface area contributed by atoms with E-state index in [1.807, 2.05) is 30.9 Å². The van der Waals surface area contributed by atoms with Gasteiger partial charge in [-0.15, -0.1) is 0 Å². The predicted molar refractivity (Wildman–Crippen MR) is 202 cm³/mol. The Morgan fingerprint density at radius 2 is 1.77 bits per heavy atom. The summed E-state index contributed by atoms with van der Waals surface area (Å²) in [4.78, 5) is 30.2. The van der Waals surface area contributed by atoms with Crippen LogP contribution in [-0.4, -0.2) is 57.8 Å². The Hall–Kier alpha value is -3.17. The molecule has 0 heterocycles. The third kappa shape index (κ3) is 7.85. The zero-order valence-electron chi connectivity index (χ0n) is 32.4. The number of urea groups is 1. The van der Waals surface area contributed by atoms with Gasteiger partial charge in [-0.2, -0.15) is 13.2 Å². The number of carbonyl (C=O) groups excluding carboxylic acids is 2. The van der Waals surface area contributed by atoms with Gasteiger partial charge in [0, 0.05) is 29.1 Å². The lowest BCUT2D eigenvalue weighted by molar-refractivity contribution is -0.137. The second kappa shape index (κ2) is 14.8. The van der Waals surface area contributed by atoms with E-state index < -0.39 is 34.6 Å². The Morgan fingerprint density at radius 1 is 1.02 bits per heavy atom. The molecule has 6 aliphatic rings. The zero-order chi connectivity index (χ0) is 38.5. The molecule has 7 atom stereocenters. The van der Waals surface area contributed by atoms with Crippen LogP contribution in [-0.2, 0) is 12.6 Å². The Morgan fingerprint density at radius 3 is 2.45 bits per heavy atom. The van der Waals surface area contributed by atoms with Crippen LogP contribution >= 0.6 is 0 Å². The van der Waals surface area contributed by atoms with E-state index in [9.17, 15) is 33.0 Å². The van der Waals surface area contributed by atoms with Gasteiger partial charge in [-0.1, -0.05) is 56.7 Å². The van der Waals surface area contributed by atoms with E-state index in [4.69, 9.17) is 0 Å². The minimum atomic E-state index is -4.60. The van der Waals surface area contributed by atoms with Crippen molar-refractivity contribution in [2.24, 2.45) is 28.6 Å². The summed E-state index contributed by atoms with van der Waals surface area (Å²) in [5.41, 5.74) is 0.0857. The monoisotopic (exact) mass is 736 g/mol.